The summed E-state index contributed by atoms with van der Waals surface area (Å²) in [7, 11) is 1.80. The van der Waals surface area contributed by atoms with Crippen LogP contribution >= 0.6 is 0 Å². The van der Waals surface area contributed by atoms with Crippen molar-refractivity contribution < 1.29 is 14.3 Å². The second kappa shape index (κ2) is 6.19. The number of primary amides is 1. The smallest absolute Gasteiger partial charge is 0.343 e. The molecule has 0 bridgehead atoms. The fraction of sp³-hybridized carbons (Fsp3) is 0.500. The lowest BCUT2D eigenvalue weighted by atomic mass is 10.3. The number of carbonyl (C=O) groups excluding carboxylic acids is 2. The molecule has 74 valence electrons. The summed E-state index contributed by atoms with van der Waals surface area (Å²) in [6.45, 7) is 4.19. The summed E-state index contributed by atoms with van der Waals surface area (Å²) in [5.74, 6) is -1.60. The van der Waals surface area contributed by atoms with E-state index in [0.29, 0.717) is 6.42 Å². The predicted molar refractivity (Wildman–Crippen MR) is 47.8 cm³/mol. The molecule has 5 nitrogen and oxygen atoms in total. The van der Waals surface area contributed by atoms with Crippen molar-refractivity contribution in [2.45, 2.75) is 6.42 Å². The van der Waals surface area contributed by atoms with Crippen LogP contribution in [-0.2, 0) is 14.3 Å². The molecule has 0 fully saturated rings. The van der Waals surface area contributed by atoms with Crippen LogP contribution in [0.1, 0.15) is 6.42 Å². The van der Waals surface area contributed by atoms with E-state index in [1.165, 1.54) is 0 Å². The Bertz CT molecular complexity index is 213. The maximum absolute atomic E-state index is 10.9. The van der Waals surface area contributed by atoms with E-state index in [2.05, 4.69) is 16.6 Å². The fourth-order valence-electron chi connectivity index (χ4n) is 0.602. The zero-order chi connectivity index (χ0) is 10.3. The molecule has 3 N–H and O–H groups in total. The SMILES string of the molecule is C=C(C(N)=O)C(=O)OCCCNC. The second-order valence-corrected chi connectivity index (χ2v) is 2.44. The third-order valence-electron chi connectivity index (χ3n) is 1.35. The van der Waals surface area contributed by atoms with Crippen molar-refractivity contribution in [3.63, 3.8) is 0 Å². The van der Waals surface area contributed by atoms with Gasteiger partial charge >= 0.3 is 5.97 Å². The third kappa shape index (κ3) is 4.97. The molecule has 5 heteroatoms. The van der Waals surface area contributed by atoms with E-state index in [-0.39, 0.29) is 12.2 Å². The maximum Gasteiger partial charge on any atom is 0.343 e. The third-order valence-corrected chi connectivity index (χ3v) is 1.35. The van der Waals surface area contributed by atoms with Crippen LogP contribution < -0.4 is 11.1 Å². The van der Waals surface area contributed by atoms with Crippen LogP contribution in [-0.4, -0.2) is 32.1 Å². The maximum atomic E-state index is 10.9. The number of ether oxygens (including phenoxy) is 1. The first-order chi connectivity index (χ1) is 6.09. The number of rotatable bonds is 6. The molecule has 0 aromatic rings. The van der Waals surface area contributed by atoms with Crippen LogP contribution in [0.5, 0.6) is 0 Å². The van der Waals surface area contributed by atoms with Gasteiger partial charge in [0.15, 0.2) is 0 Å². The van der Waals surface area contributed by atoms with Crippen LogP contribution in [0, 0.1) is 0 Å². The zero-order valence-corrected chi connectivity index (χ0v) is 7.63. The van der Waals surface area contributed by atoms with Crippen molar-refractivity contribution in [2.24, 2.45) is 5.73 Å². The van der Waals surface area contributed by atoms with Gasteiger partial charge < -0.3 is 15.8 Å². The molecule has 0 aliphatic heterocycles. The van der Waals surface area contributed by atoms with E-state index in [9.17, 15) is 9.59 Å². The lowest BCUT2D eigenvalue weighted by molar-refractivity contribution is -0.140. The van der Waals surface area contributed by atoms with Crippen molar-refractivity contribution in [3.8, 4) is 0 Å². The Kier molecular flexibility index (Phi) is 5.54. The number of hydrogen-bond donors (Lipinski definition) is 2. The summed E-state index contributed by atoms with van der Waals surface area (Å²) in [6.07, 6.45) is 0.689. The zero-order valence-electron chi connectivity index (χ0n) is 7.63. The Morgan fingerprint density at radius 3 is 2.62 bits per heavy atom. The van der Waals surface area contributed by atoms with E-state index < -0.39 is 11.9 Å². The average Bonchev–Trinajstić information content (AvgIpc) is 2.10. The number of nitrogens with two attached hydrogens (primary N) is 1. The molecule has 13 heavy (non-hydrogen) atoms. The number of carbonyl (C=O) groups is 2. The highest BCUT2D eigenvalue weighted by atomic mass is 16.5. The van der Waals surface area contributed by atoms with Gasteiger partial charge in [0, 0.05) is 0 Å². The quantitative estimate of drug-likeness (QED) is 0.187. The minimum atomic E-state index is -0.849. The van der Waals surface area contributed by atoms with E-state index in [1.54, 1.807) is 7.05 Å². The lowest BCUT2D eigenvalue weighted by Crippen LogP contribution is -2.22. The molecule has 0 saturated carbocycles. The molecule has 0 aromatic heterocycles. The minimum Gasteiger partial charge on any atom is -0.462 e. The first-order valence-electron chi connectivity index (χ1n) is 3.90. The Morgan fingerprint density at radius 1 is 1.54 bits per heavy atom. The molecule has 0 heterocycles. The molecule has 0 spiro atoms. The van der Waals surface area contributed by atoms with E-state index in [4.69, 9.17) is 5.73 Å². The molecule has 0 radical (unpaired) electrons. The van der Waals surface area contributed by atoms with Gasteiger partial charge in [-0.05, 0) is 20.0 Å². The molecule has 1 amide bonds. The van der Waals surface area contributed by atoms with Crippen LogP contribution in [0.25, 0.3) is 0 Å². The van der Waals surface area contributed by atoms with Gasteiger partial charge in [0.1, 0.15) is 5.57 Å². The van der Waals surface area contributed by atoms with E-state index in [0.717, 1.165) is 6.54 Å². The Labute approximate surface area is 76.9 Å². The van der Waals surface area contributed by atoms with Crippen LogP contribution in [0.4, 0.5) is 0 Å². The van der Waals surface area contributed by atoms with Crippen LogP contribution in [0.3, 0.4) is 0 Å². The van der Waals surface area contributed by atoms with Gasteiger partial charge in [0.05, 0.1) is 6.61 Å². The summed E-state index contributed by atoms with van der Waals surface area (Å²) >= 11 is 0. The van der Waals surface area contributed by atoms with E-state index in [1.807, 2.05) is 0 Å². The summed E-state index contributed by atoms with van der Waals surface area (Å²) in [5, 5.41) is 2.89. The van der Waals surface area contributed by atoms with Gasteiger partial charge in [-0.25, -0.2) is 4.79 Å². The van der Waals surface area contributed by atoms with Gasteiger partial charge in [-0.1, -0.05) is 6.58 Å². The highest BCUT2D eigenvalue weighted by molar-refractivity contribution is 6.15. The average molecular weight is 186 g/mol. The highest BCUT2D eigenvalue weighted by Crippen LogP contribution is 1.93. The van der Waals surface area contributed by atoms with Crippen LogP contribution in [0.15, 0.2) is 12.2 Å². The van der Waals surface area contributed by atoms with Gasteiger partial charge in [-0.3, -0.25) is 4.79 Å². The molecule has 0 aliphatic rings. The minimum absolute atomic E-state index is 0.256. The standard InChI is InChI=1S/C8H14N2O3/c1-6(7(9)11)8(12)13-5-3-4-10-2/h10H,1,3-5H2,2H3,(H2,9,11). The molecule has 0 atom stereocenters. The number of hydrogen-bond acceptors (Lipinski definition) is 4. The number of esters is 1. The van der Waals surface area contributed by atoms with Crippen LogP contribution in [0.2, 0.25) is 0 Å². The number of amides is 1. The highest BCUT2D eigenvalue weighted by Gasteiger charge is 2.12. The summed E-state index contributed by atoms with van der Waals surface area (Å²) in [5.41, 5.74) is 4.50. The fourth-order valence-corrected chi connectivity index (χ4v) is 0.602. The van der Waals surface area contributed by atoms with Crippen molar-refractivity contribution in [1.29, 1.82) is 0 Å². The molecule has 0 rings (SSSR count). The van der Waals surface area contributed by atoms with Crippen molar-refractivity contribution >= 4 is 11.9 Å². The monoisotopic (exact) mass is 186 g/mol. The molecule has 0 unspecified atom stereocenters. The summed E-state index contributed by atoms with van der Waals surface area (Å²) in [6, 6.07) is 0. The van der Waals surface area contributed by atoms with Crippen molar-refractivity contribution in [1.82, 2.24) is 5.32 Å². The molecule has 0 aromatic carbocycles. The molecular weight excluding hydrogens is 172 g/mol. The molecule has 0 saturated heterocycles. The Balaban J connectivity index is 3.63. The topological polar surface area (TPSA) is 81.4 Å². The first-order valence-corrected chi connectivity index (χ1v) is 3.90. The normalized spacial score (nSPS) is 9.31. The van der Waals surface area contributed by atoms with Gasteiger partial charge in [-0.2, -0.15) is 0 Å². The van der Waals surface area contributed by atoms with Crippen molar-refractivity contribution in [2.75, 3.05) is 20.2 Å². The van der Waals surface area contributed by atoms with Gasteiger partial charge in [0.25, 0.3) is 5.91 Å². The van der Waals surface area contributed by atoms with Gasteiger partial charge in [0.2, 0.25) is 0 Å². The van der Waals surface area contributed by atoms with Gasteiger partial charge in [-0.15, -0.1) is 0 Å². The predicted octanol–water partition coefficient (Wildman–Crippen LogP) is -0.819. The summed E-state index contributed by atoms with van der Waals surface area (Å²) in [4.78, 5) is 21.3. The molecular formula is C8H14N2O3. The summed E-state index contributed by atoms with van der Waals surface area (Å²) < 4.78 is 4.69. The first kappa shape index (κ1) is 11.6. The van der Waals surface area contributed by atoms with E-state index >= 15 is 0 Å². The number of nitrogens with one attached hydrogen (secondary N) is 1. The van der Waals surface area contributed by atoms with Crippen molar-refractivity contribution in [3.05, 3.63) is 12.2 Å². The molecule has 0 aliphatic carbocycles. The Morgan fingerprint density at radius 2 is 2.15 bits per heavy atom. The second-order valence-electron chi connectivity index (χ2n) is 2.44. The largest absolute Gasteiger partial charge is 0.462 e. The Hall–Kier alpha value is -1.36. The lowest BCUT2D eigenvalue weighted by Gasteiger charge is -2.03.